The van der Waals surface area contributed by atoms with E-state index in [0.29, 0.717) is 22.6 Å². The molecular formula is C23H21F2NO4. The Balaban J connectivity index is 1.91. The molecule has 156 valence electrons. The number of halogens is 2. The van der Waals surface area contributed by atoms with E-state index in [2.05, 4.69) is 10.1 Å². The van der Waals surface area contributed by atoms with Gasteiger partial charge in [-0.15, -0.1) is 0 Å². The SMILES string of the molecule is COc1cc(OC)cc(C(=O)N[C@H](c2ccccc2)c2ccc(OC(F)F)cc2)c1. The van der Waals surface area contributed by atoms with Crippen molar-refractivity contribution in [1.29, 1.82) is 0 Å². The summed E-state index contributed by atoms with van der Waals surface area (Å²) in [7, 11) is 3.01. The van der Waals surface area contributed by atoms with Crippen molar-refractivity contribution in [3.8, 4) is 17.2 Å². The smallest absolute Gasteiger partial charge is 0.387 e. The van der Waals surface area contributed by atoms with Gasteiger partial charge in [0, 0.05) is 11.6 Å². The molecule has 0 heterocycles. The van der Waals surface area contributed by atoms with Gasteiger partial charge in [-0.3, -0.25) is 4.79 Å². The van der Waals surface area contributed by atoms with Crippen LogP contribution in [0.2, 0.25) is 0 Å². The summed E-state index contributed by atoms with van der Waals surface area (Å²) in [6.45, 7) is -2.90. The molecule has 0 aliphatic rings. The summed E-state index contributed by atoms with van der Waals surface area (Å²) in [5.41, 5.74) is 1.92. The number of benzene rings is 3. The van der Waals surface area contributed by atoms with Crippen LogP contribution in [0.4, 0.5) is 8.78 Å². The Morgan fingerprint density at radius 2 is 1.37 bits per heavy atom. The van der Waals surface area contributed by atoms with Gasteiger partial charge >= 0.3 is 6.61 Å². The second-order valence-electron chi connectivity index (χ2n) is 6.37. The van der Waals surface area contributed by atoms with E-state index in [-0.39, 0.29) is 11.7 Å². The first kappa shape index (κ1) is 21.1. The van der Waals surface area contributed by atoms with E-state index in [9.17, 15) is 13.6 Å². The maximum absolute atomic E-state index is 13.0. The molecule has 0 spiro atoms. The zero-order chi connectivity index (χ0) is 21.5. The van der Waals surface area contributed by atoms with Crippen molar-refractivity contribution >= 4 is 5.91 Å². The number of carbonyl (C=O) groups is 1. The Hall–Kier alpha value is -3.61. The van der Waals surface area contributed by atoms with Crippen molar-refractivity contribution in [3.05, 3.63) is 89.5 Å². The van der Waals surface area contributed by atoms with Gasteiger partial charge in [0.25, 0.3) is 5.91 Å². The van der Waals surface area contributed by atoms with Crippen molar-refractivity contribution in [2.75, 3.05) is 14.2 Å². The predicted molar refractivity (Wildman–Crippen MR) is 108 cm³/mol. The van der Waals surface area contributed by atoms with Gasteiger partial charge in [-0.1, -0.05) is 42.5 Å². The van der Waals surface area contributed by atoms with E-state index >= 15 is 0 Å². The Kier molecular flexibility index (Phi) is 6.85. The fraction of sp³-hybridized carbons (Fsp3) is 0.174. The molecule has 1 atom stereocenters. The van der Waals surface area contributed by atoms with Gasteiger partial charge in [-0.2, -0.15) is 8.78 Å². The van der Waals surface area contributed by atoms with E-state index < -0.39 is 12.7 Å². The summed E-state index contributed by atoms with van der Waals surface area (Å²) >= 11 is 0. The Bertz CT molecular complexity index is 956. The molecule has 3 aromatic carbocycles. The number of ether oxygens (including phenoxy) is 3. The maximum Gasteiger partial charge on any atom is 0.387 e. The first-order valence-corrected chi connectivity index (χ1v) is 9.14. The Morgan fingerprint density at radius 3 is 1.90 bits per heavy atom. The second kappa shape index (κ2) is 9.73. The van der Waals surface area contributed by atoms with Crippen LogP contribution in [-0.2, 0) is 0 Å². The van der Waals surface area contributed by atoms with Crippen molar-refractivity contribution in [1.82, 2.24) is 5.32 Å². The quantitative estimate of drug-likeness (QED) is 0.575. The molecule has 0 saturated carbocycles. The van der Waals surface area contributed by atoms with Crippen LogP contribution < -0.4 is 19.5 Å². The van der Waals surface area contributed by atoms with Crippen LogP contribution in [-0.4, -0.2) is 26.7 Å². The van der Waals surface area contributed by atoms with Gasteiger partial charge in [-0.05, 0) is 35.4 Å². The molecule has 0 radical (unpaired) electrons. The lowest BCUT2D eigenvalue weighted by molar-refractivity contribution is -0.0498. The summed E-state index contributed by atoms with van der Waals surface area (Å²) in [5.74, 6) is 0.687. The summed E-state index contributed by atoms with van der Waals surface area (Å²) in [4.78, 5) is 13.0. The molecule has 0 aliphatic heterocycles. The average Bonchev–Trinajstić information content (AvgIpc) is 2.77. The zero-order valence-corrected chi connectivity index (χ0v) is 16.5. The highest BCUT2D eigenvalue weighted by atomic mass is 19.3. The molecule has 3 rings (SSSR count). The largest absolute Gasteiger partial charge is 0.497 e. The van der Waals surface area contributed by atoms with Crippen LogP contribution in [0.1, 0.15) is 27.5 Å². The first-order valence-electron chi connectivity index (χ1n) is 9.14. The van der Waals surface area contributed by atoms with E-state index in [0.717, 1.165) is 5.56 Å². The molecule has 3 aromatic rings. The minimum Gasteiger partial charge on any atom is -0.497 e. The summed E-state index contributed by atoms with van der Waals surface area (Å²) in [6, 6.07) is 19.9. The van der Waals surface area contributed by atoms with Gasteiger partial charge < -0.3 is 19.5 Å². The van der Waals surface area contributed by atoms with E-state index in [1.165, 1.54) is 26.4 Å². The van der Waals surface area contributed by atoms with E-state index in [1.807, 2.05) is 30.3 Å². The third-order valence-corrected chi connectivity index (χ3v) is 4.46. The van der Waals surface area contributed by atoms with Crippen molar-refractivity contribution < 1.29 is 27.8 Å². The van der Waals surface area contributed by atoms with Crippen LogP contribution in [0.15, 0.2) is 72.8 Å². The predicted octanol–water partition coefficient (Wildman–Crippen LogP) is 4.82. The van der Waals surface area contributed by atoms with Crippen LogP contribution >= 0.6 is 0 Å². The van der Waals surface area contributed by atoms with Crippen molar-refractivity contribution in [2.45, 2.75) is 12.7 Å². The highest BCUT2D eigenvalue weighted by Crippen LogP contribution is 2.27. The first-order chi connectivity index (χ1) is 14.5. The number of amides is 1. The monoisotopic (exact) mass is 413 g/mol. The molecule has 0 aromatic heterocycles. The second-order valence-corrected chi connectivity index (χ2v) is 6.37. The highest BCUT2D eigenvalue weighted by Gasteiger charge is 2.19. The zero-order valence-electron chi connectivity index (χ0n) is 16.5. The lowest BCUT2D eigenvalue weighted by Crippen LogP contribution is -2.29. The van der Waals surface area contributed by atoms with Gasteiger partial charge in [0.2, 0.25) is 0 Å². The number of hydrogen-bond acceptors (Lipinski definition) is 4. The number of carbonyl (C=O) groups excluding carboxylic acids is 1. The van der Waals surface area contributed by atoms with Gasteiger partial charge in [0.05, 0.1) is 20.3 Å². The third-order valence-electron chi connectivity index (χ3n) is 4.46. The standard InChI is InChI=1S/C23H21F2NO4/c1-28-19-12-17(13-20(14-19)29-2)22(27)26-21(15-6-4-3-5-7-15)16-8-10-18(11-9-16)30-23(24)25/h3-14,21,23H,1-2H3,(H,26,27)/t21-/m1/s1. The molecule has 1 amide bonds. The highest BCUT2D eigenvalue weighted by molar-refractivity contribution is 5.95. The molecule has 7 heteroatoms. The van der Waals surface area contributed by atoms with Crippen molar-refractivity contribution in [2.24, 2.45) is 0 Å². The van der Waals surface area contributed by atoms with Crippen molar-refractivity contribution in [3.63, 3.8) is 0 Å². The molecule has 0 unspecified atom stereocenters. The Morgan fingerprint density at radius 1 is 0.800 bits per heavy atom. The normalized spacial score (nSPS) is 11.6. The molecule has 0 aliphatic carbocycles. The lowest BCUT2D eigenvalue weighted by Gasteiger charge is -2.21. The topological polar surface area (TPSA) is 56.8 Å². The number of nitrogens with one attached hydrogen (secondary N) is 1. The molecule has 30 heavy (non-hydrogen) atoms. The fourth-order valence-corrected chi connectivity index (χ4v) is 3.00. The molecule has 0 fully saturated rings. The van der Waals surface area contributed by atoms with Crippen LogP contribution in [0.3, 0.4) is 0 Å². The van der Waals surface area contributed by atoms with Gasteiger partial charge in [-0.25, -0.2) is 0 Å². The lowest BCUT2D eigenvalue weighted by atomic mass is 9.98. The van der Waals surface area contributed by atoms with Gasteiger partial charge in [0.15, 0.2) is 0 Å². The van der Waals surface area contributed by atoms with Crippen LogP contribution in [0.5, 0.6) is 17.2 Å². The van der Waals surface area contributed by atoms with Crippen LogP contribution in [0, 0.1) is 0 Å². The minimum atomic E-state index is -2.90. The number of hydrogen-bond donors (Lipinski definition) is 1. The van der Waals surface area contributed by atoms with Crippen LogP contribution in [0.25, 0.3) is 0 Å². The van der Waals surface area contributed by atoms with E-state index in [1.54, 1.807) is 30.3 Å². The molecule has 1 N–H and O–H groups in total. The fourth-order valence-electron chi connectivity index (χ4n) is 3.00. The average molecular weight is 413 g/mol. The Labute approximate surface area is 173 Å². The molecular weight excluding hydrogens is 392 g/mol. The third kappa shape index (κ3) is 5.26. The number of methoxy groups -OCH3 is 2. The summed E-state index contributed by atoms with van der Waals surface area (Å²) < 4.78 is 39.7. The molecule has 0 bridgehead atoms. The summed E-state index contributed by atoms with van der Waals surface area (Å²) in [5, 5.41) is 2.99. The molecule has 0 saturated heterocycles. The number of alkyl halides is 2. The minimum absolute atomic E-state index is 0.0458. The van der Waals surface area contributed by atoms with E-state index in [4.69, 9.17) is 9.47 Å². The molecule has 5 nitrogen and oxygen atoms in total. The summed E-state index contributed by atoms with van der Waals surface area (Å²) in [6.07, 6.45) is 0. The van der Waals surface area contributed by atoms with Gasteiger partial charge in [0.1, 0.15) is 17.2 Å². The maximum atomic E-state index is 13.0. The number of rotatable bonds is 8.